The number of terminal acetylenes is 1. The lowest BCUT2D eigenvalue weighted by Gasteiger charge is -2.28. The summed E-state index contributed by atoms with van der Waals surface area (Å²) in [5.41, 5.74) is 1.86. The van der Waals surface area contributed by atoms with Crippen LogP contribution < -0.4 is 9.47 Å². The summed E-state index contributed by atoms with van der Waals surface area (Å²) in [4.78, 5) is 4.65. The SMILES string of the molecule is C#CC(CC)(CCCc1cccc(Oc2ccccc2)n1)c1ccc(OCC=C)cc1. The summed E-state index contributed by atoms with van der Waals surface area (Å²) in [6, 6.07) is 23.7. The molecule has 0 N–H and O–H groups in total. The van der Waals surface area contributed by atoms with Crippen LogP contribution in [0.3, 0.4) is 0 Å². The fraction of sp³-hybridized carbons (Fsp3) is 0.250. The van der Waals surface area contributed by atoms with E-state index in [-0.39, 0.29) is 5.41 Å². The molecule has 0 radical (unpaired) electrons. The Bertz CT molecular complexity index is 1010. The van der Waals surface area contributed by atoms with Crippen molar-refractivity contribution in [2.75, 3.05) is 6.61 Å². The molecule has 0 amide bonds. The molecule has 1 heterocycles. The van der Waals surface area contributed by atoms with E-state index in [9.17, 15) is 0 Å². The van der Waals surface area contributed by atoms with Crippen molar-refractivity contribution < 1.29 is 9.47 Å². The van der Waals surface area contributed by atoms with Crippen molar-refractivity contribution in [2.45, 2.75) is 38.0 Å². The number of aryl methyl sites for hydroxylation is 1. The summed E-state index contributed by atoms with van der Waals surface area (Å²) in [5, 5.41) is 0. The van der Waals surface area contributed by atoms with Crippen LogP contribution in [0.1, 0.15) is 37.4 Å². The molecule has 0 aliphatic rings. The molecule has 3 nitrogen and oxygen atoms in total. The van der Waals surface area contributed by atoms with Crippen molar-refractivity contribution in [3.8, 4) is 29.7 Å². The molecule has 0 saturated carbocycles. The van der Waals surface area contributed by atoms with Crippen LogP contribution in [0.5, 0.6) is 17.4 Å². The van der Waals surface area contributed by atoms with Gasteiger partial charge in [0.25, 0.3) is 0 Å². The summed E-state index contributed by atoms with van der Waals surface area (Å²) in [6.45, 7) is 6.32. The molecular weight excluding hydrogens is 382 g/mol. The predicted octanol–water partition coefficient (Wildman–Crippen LogP) is 6.74. The van der Waals surface area contributed by atoms with Gasteiger partial charge in [0.15, 0.2) is 0 Å². The van der Waals surface area contributed by atoms with E-state index < -0.39 is 0 Å². The third-order valence-corrected chi connectivity index (χ3v) is 5.44. The lowest BCUT2D eigenvalue weighted by Crippen LogP contribution is -2.23. The minimum Gasteiger partial charge on any atom is -0.490 e. The quantitative estimate of drug-likeness (QED) is 0.258. The Morgan fingerprint density at radius 1 is 1.00 bits per heavy atom. The monoisotopic (exact) mass is 411 g/mol. The summed E-state index contributed by atoms with van der Waals surface area (Å²) in [5.74, 6) is 5.29. The van der Waals surface area contributed by atoms with E-state index in [1.807, 2.05) is 60.7 Å². The van der Waals surface area contributed by atoms with Crippen LogP contribution in [0.2, 0.25) is 0 Å². The molecule has 0 saturated heterocycles. The van der Waals surface area contributed by atoms with Gasteiger partial charge in [-0.2, -0.15) is 0 Å². The molecule has 0 spiro atoms. The second kappa shape index (κ2) is 11.0. The Labute approximate surface area is 185 Å². The number of hydrogen-bond donors (Lipinski definition) is 0. The van der Waals surface area contributed by atoms with Crippen molar-refractivity contribution in [1.29, 1.82) is 0 Å². The van der Waals surface area contributed by atoms with Crippen LogP contribution in [0.15, 0.2) is 85.5 Å². The average Bonchev–Trinajstić information content (AvgIpc) is 2.82. The predicted molar refractivity (Wildman–Crippen MR) is 127 cm³/mol. The molecule has 3 rings (SSSR count). The van der Waals surface area contributed by atoms with Gasteiger partial charge in [-0.3, -0.25) is 0 Å². The maximum Gasteiger partial charge on any atom is 0.219 e. The van der Waals surface area contributed by atoms with E-state index in [2.05, 4.69) is 36.5 Å². The number of aromatic nitrogens is 1. The lowest BCUT2D eigenvalue weighted by molar-refractivity contribution is 0.362. The first-order valence-electron chi connectivity index (χ1n) is 10.7. The Morgan fingerprint density at radius 3 is 2.45 bits per heavy atom. The zero-order chi connectivity index (χ0) is 21.9. The molecular formula is C28H29NO2. The molecule has 0 bridgehead atoms. The van der Waals surface area contributed by atoms with E-state index in [1.165, 1.54) is 0 Å². The molecule has 3 aromatic rings. The molecule has 3 heteroatoms. The number of rotatable bonds is 11. The van der Waals surface area contributed by atoms with Crippen LogP contribution in [-0.4, -0.2) is 11.6 Å². The van der Waals surface area contributed by atoms with E-state index >= 15 is 0 Å². The van der Waals surface area contributed by atoms with Gasteiger partial charge in [-0.05, 0) is 61.6 Å². The molecule has 0 aliphatic heterocycles. The van der Waals surface area contributed by atoms with Crippen molar-refractivity contribution >= 4 is 0 Å². The summed E-state index contributed by atoms with van der Waals surface area (Å²) in [6.07, 6.45) is 11.3. The fourth-order valence-electron chi connectivity index (χ4n) is 3.64. The maximum absolute atomic E-state index is 6.03. The first-order chi connectivity index (χ1) is 15.2. The number of para-hydroxylation sites is 1. The molecule has 1 atom stereocenters. The van der Waals surface area contributed by atoms with Crippen molar-refractivity contribution in [2.24, 2.45) is 0 Å². The van der Waals surface area contributed by atoms with Crippen molar-refractivity contribution in [3.63, 3.8) is 0 Å². The number of benzene rings is 2. The maximum atomic E-state index is 6.03. The highest BCUT2D eigenvalue weighted by molar-refractivity contribution is 5.38. The van der Waals surface area contributed by atoms with Gasteiger partial charge < -0.3 is 9.47 Å². The molecule has 1 aromatic heterocycles. The van der Waals surface area contributed by atoms with Crippen LogP contribution in [0.4, 0.5) is 0 Å². The Balaban J connectivity index is 1.63. The first-order valence-corrected chi connectivity index (χ1v) is 10.7. The summed E-state index contributed by atoms with van der Waals surface area (Å²) in [7, 11) is 0. The highest BCUT2D eigenvalue weighted by Crippen LogP contribution is 2.34. The van der Waals surface area contributed by atoms with Crippen LogP contribution in [0.25, 0.3) is 0 Å². The van der Waals surface area contributed by atoms with Gasteiger partial charge in [-0.15, -0.1) is 6.42 Å². The Hall–Kier alpha value is -3.51. The average molecular weight is 412 g/mol. The third-order valence-electron chi connectivity index (χ3n) is 5.44. The standard InChI is InChI=1S/C28H29NO2/c1-4-22-30-25-19-17-23(18-20-25)28(5-2,6-3)21-11-13-24-12-10-16-27(29-24)31-26-14-8-7-9-15-26/h2,4,7-10,12,14-20H,1,6,11,13,21-22H2,3H3. The number of nitrogens with zero attached hydrogens (tertiary/aromatic N) is 1. The van der Waals surface area contributed by atoms with Crippen LogP contribution in [0, 0.1) is 12.3 Å². The van der Waals surface area contributed by atoms with E-state index in [0.717, 1.165) is 48.4 Å². The van der Waals surface area contributed by atoms with Gasteiger partial charge in [0.1, 0.15) is 18.1 Å². The second-order valence-corrected chi connectivity index (χ2v) is 7.44. The van der Waals surface area contributed by atoms with E-state index in [1.54, 1.807) is 6.08 Å². The van der Waals surface area contributed by atoms with Crippen LogP contribution in [-0.2, 0) is 11.8 Å². The molecule has 1 unspecified atom stereocenters. The fourth-order valence-corrected chi connectivity index (χ4v) is 3.64. The van der Waals surface area contributed by atoms with Gasteiger partial charge in [0.2, 0.25) is 5.88 Å². The Kier molecular flexibility index (Phi) is 7.90. The smallest absolute Gasteiger partial charge is 0.219 e. The van der Waals surface area contributed by atoms with Gasteiger partial charge >= 0.3 is 0 Å². The van der Waals surface area contributed by atoms with Gasteiger partial charge in [-0.25, -0.2) is 4.98 Å². The number of pyridine rings is 1. The molecule has 0 fully saturated rings. The minimum absolute atomic E-state index is 0.297. The van der Waals surface area contributed by atoms with Crippen molar-refractivity contribution in [3.05, 3.63) is 96.7 Å². The topological polar surface area (TPSA) is 31.4 Å². The molecule has 0 aliphatic carbocycles. The zero-order valence-corrected chi connectivity index (χ0v) is 18.1. The normalized spacial score (nSPS) is 12.4. The molecule has 31 heavy (non-hydrogen) atoms. The Morgan fingerprint density at radius 2 is 1.77 bits per heavy atom. The zero-order valence-electron chi connectivity index (χ0n) is 18.1. The summed E-state index contributed by atoms with van der Waals surface area (Å²) >= 11 is 0. The minimum atomic E-state index is -0.297. The van der Waals surface area contributed by atoms with E-state index in [4.69, 9.17) is 15.9 Å². The largest absolute Gasteiger partial charge is 0.490 e. The highest BCUT2D eigenvalue weighted by Gasteiger charge is 2.27. The van der Waals surface area contributed by atoms with Crippen LogP contribution >= 0.6 is 0 Å². The highest BCUT2D eigenvalue weighted by atomic mass is 16.5. The number of hydrogen-bond acceptors (Lipinski definition) is 3. The second-order valence-electron chi connectivity index (χ2n) is 7.44. The number of ether oxygens (including phenoxy) is 2. The van der Waals surface area contributed by atoms with E-state index in [0.29, 0.717) is 12.5 Å². The first kappa shape index (κ1) is 22.2. The van der Waals surface area contributed by atoms with Gasteiger partial charge in [0.05, 0.1) is 5.41 Å². The van der Waals surface area contributed by atoms with Gasteiger partial charge in [0, 0.05) is 11.8 Å². The van der Waals surface area contributed by atoms with Crippen molar-refractivity contribution in [1.82, 2.24) is 4.98 Å². The molecule has 2 aromatic carbocycles. The van der Waals surface area contributed by atoms with Gasteiger partial charge in [-0.1, -0.05) is 61.9 Å². The third kappa shape index (κ3) is 5.99. The summed E-state index contributed by atoms with van der Waals surface area (Å²) < 4.78 is 11.4. The molecule has 158 valence electrons. The lowest BCUT2D eigenvalue weighted by atomic mass is 9.75.